The molecule has 1 aliphatic heterocycles. The average molecular weight is 383 g/mol. The molecule has 0 aromatic carbocycles. The number of hydrogen-bond donors (Lipinski definition) is 4. The Kier molecular flexibility index (Phi) is 5.55. The maximum atomic E-state index is 12.4. The number of nitrogens with one attached hydrogen (secondary N) is 1. The van der Waals surface area contributed by atoms with Gasteiger partial charge >= 0.3 is 17.8 Å². The first-order chi connectivity index (χ1) is 12.0. The molecule has 10 nitrogen and oxygen atoms in total. The average Bonchev–Trinajstić information content (AvgIpc) is 2.83. The number of rotatable bonds is 4. The summed E-state index contributed by atoms with van der Waals surface area (Å²) in [7, 11) is 0.817. The van der Waals surface area contributed by atoms with Crippen molar-refractivity contribution in [3.8, 4) is 0 Å². The molecular weight excluding hydrogens is 367 g/mol. The van der Waals surface area contributed by atoms with Gasteiger partial charge in [0.2, 0.25) is 0 Å². The van der Waals surface area contributed by atoms with E-state index in [2.05, 4.69) is 0 Å². The highest BCUT2D eigenvalue weighted by molar-refractivity contribution is 5.81. The lowest BCUT2D eigenvalue weighted by atomic mass is 10.1. The molecule has 4 atom stereocenters. The number of aliphatic hydroxyl groups is 3. The smallest absolute Gasteiger partial charge is 0.394 e. The monoisotopic (exact) mass is 383 g/mol. The van der Waals surface area contributed by atoms with Crippen molar-refractivity contribution in [1.82, 2.24) is 14.5 Å². The van der Waals surface area contributed by atoms with E-state index in [0.29, 0.717) is 4.57 Å². The molecule has 2 rings (SSSR count). The Hall–Kier alpha value is -2.22. The number of carbonyl (C=O) groups is 1. The van der Waals surface area contributed by atoms with Gasteiger partial charge in [0.05, 0.1) is 18.7 Å². The van der Waals surface area contributed by atoms with Gasteiger partial charge in [0, 0.05) is 13.2 Å². The zero-order valence-corrected chi connectivity index (χ0v) is 13.3. The second-order valence-corrected chi connectivity index (χ2v) is 5.71. The second-order valence-electron chi connectivity index (χ2n) is 5.71. The maximum absolute atomic E-state index is 12.4. The molecule has 1 saturated heterocycles. The molecule has 0 aliphatic carbocycles. The SMILES string of the molecule is CN(Cc1cn(C2OC(CO)C(O)C2O)c(=O)[nH]c1=O)C(=O)C(F)(F)F. The lowest BCUT2D eigenvalue weighted by Crippen LogP contribution is -2.42. The van der Waals surface area contributed by atoms with Gasteiger partial charge in [-0.3, -0.25) is 19.1 Å². The molecule has 4 unspecified atom stereocenters. The summed E-state index contributed by atoms with van der Waals surface area (Å²) in [5, 5.41) is 28.7. The van der Waals surface area contributed by atoms with Crippen molar-refractivity contribution in [2.24, 2.45) is 0 Å². The Morgan fingerprint density at radius 2 is 1.96 bits per heavy atom. The lowest BCUT2D eigenvalue weighted by molar-refractivity contribution is -0.184. The molecule has 1 fully saturated rings. The Bertz CT molecular complexity index is 790. The maximum Gasteiger partial charge on any atom is 0.471 e. The van der Waals surface area contributed by atoms with E-state index in [1.54, 1.807) is 0 Å². The molecule has 1 aromatic heterocycles. The summed E-state index contributed by atoms with van der Waals surface area (Å²) < 4.78 is 43.1. The van der Waals surface area contributed by atoms with Crippen LogP contribution >= 0.6 is 0 Å². The van der Waals surface area contributed by atoms with Crippen molar-refractivity contribution >= 4 is 5.91 Å². The summed E-state index contributed by atoms with van der Waals surface area (Å²) in [6.07, 6.45) is -10.2. The molecule has 146 valence electrons. The van der Waals surface area contributed by atoms with E-state index in [4.69, 9.17) is 9.84 Å². The number of halogens is 3. The highest BCUT2D eigenvalue weighted by Gasteiger charge is 2.44. The van der Waals surface area contributed by atoms with Gasteiger partial charge in [-0.2, -0.15) is 13.2 Å². The van der Waals surface area contributed by atoms with Gasteiger partial charge in [0.25, 0.3) is 5.56 Å². The first kappa shape index (κ1) is 20.1. The lowest BCUT2D eigenvalue weighted by Gasteiger charge is -2.21. The predicted octanol–water partition coefficient (Wildman–Crippen LogP) is -2.33. The highest BCUT2D eigenvalue weighted by atomic mass is 19.4. The van der Waals surface area contributed by atoms with Gasteiger partial charge in [-0.15, -0.1) is 0 Å². The van der Waals surface area contributed by atoms with E-state index < -0.39 is 61.0 Å². The molecule has 1 amide bonds. The number of alkyl halides is 3. The number of ether oxygens (including phenoxy) is 1. The van der Waals surface area contributed by atoms with E-state index in [1.165, 1.54) is 0 Å². The molecular formula is C13H16F3N3O7. The summed E-state index contributed by atoms with van der Waals surface area (Å²) in [5.41, 5.74) is -2.47. The molecule has 1 aromatic rings. The van der Waals surface area contributed by atoms with Crippen LogP contribution in [0.5, 0.6) is 0 Å². The first-order valence-corrected chi connectivity index (χ1v) is 7.26. The summed E-state index contributed by atoms with van der Waals surface area (Å²) in [6.45, 7) is -1.44. The zero-order valence-electron chi connectivity index (χ0n) is 13.3. The Balaban J connectivity index is 2.34. The third-order valence-electron chi connectivity index (χ3n) is 3.83. The third kappa shape index (κ3) is 3.80. The first-order valence-electron chi connectivity index (χ1n) is 7.26. The second kappa shape index (κ2) is 7.19. The van der Waals surface area contributed by atoms with Crippen molar-refractivity contribution in [1.29, 1.82) is 0 Å². The van der Waals surface area contributed by atoms with Gasteiger partial charge < -0.3 is 25.0 Å². The number of aromatic nitrogens is 2. The number of aliphatic hydroxyl groups excluding tert-OH is 3. The number of nitrogens with zero attached hydrogens (tertiary/aromatic N) is 2. The van der Waals surface area contributed by atoms with Crippen LogP contribution < -0.4 is 11.2 Å². The zero-order chi connectivity index (χ0) is 19.8. The van der Waals surface area contributed by atoms with Crippen LogP contribution in [-0.4, -0.2) is 73.8 Å². The van der Waals surface area contributed by atoms with Crippen LogP contribution in [-0.2, 0) is 16.1 Å². The van der Waals surface area contributed by atoms with Crippen molar-refractivity contribution in [2.45, 2.75) is 37.3 Å². The third-order valence-corrected chi connectivity index (χ3v) is 3.83. The normalized spacial score (nSPS) is 26.1. The quantitative estimate of drug-likeness (QED) is 0.456. The van der Waals surface area contributed by atoms with Crippen molar-refractivity contribution in [3.05, 3.63) is 32.6 Å². The number of aromatic amines is 1. The highest BCUT2D eigenvalue weighted by Crippen LogP contribution is 2.28. The summed E-state index contributed by atoms with van der Waals surface area (Å²) >= 11 is 0. The van der Waals surface area contributed by atoms with Gasteiger partial charge in [-0.25, -0.2) is 4.79 Å². The Morgan fingerprint density at radius 3 is 2.46 bits per heavy atom. The summed E-state index contributed by atoms with van der Waals surface area (Å²) in [4.78, 5) is 36.9. The van der Waals surface area contributed by atoms with Crippen LogP contribution in [0.15, 0.2) is 15.8 Å². The van der Waals surface area contributed by atoms with E-state index in [0.717, 1.165) is 13.2 Å². The molecule has 0 saturated carbocycles. The number of hydrogen-bond acceptors (Lipinski definition) is 7. The van der Waals surface area contributed by atoms with E-state index in [1.807, 2.05) is 4.98 Å². The number of H-pyrrole nitrogens is 1. The Labute approximate surface area is 143 Å². The minimum Gasteiger partial charge on any atom is -0.394 e. The molecule has 4 N–H and O–H groups in total. The standard InChI is InChI=1S/C13H16F3N3O7/c1-18(11(24)13(14,15)16)2-5-3-19(12(25)17-9(5)23)10-8(22)7(21)6(4-20)26-10/h3,6-8,10,20-22H,2,4H2,1H3,(H,17,23,25). The molecule has 26 heavy (non-hydrogen) atoms. The minimum absolute atomic E-state index is 0.233. The predicted molar refractivity (Wildman–Crippen MR) is 76.9 cm³/mol. The van der Waals surface area contributed by atoms with E-state index in [9.17, 15) is 37.8 Å². The largest absolute Gasteiger partial charge is 0.471 e. The van der Waals surface area contributed by atoms with Gasteiger partial charge in [-0.05, 0) is 0 Å². The molecule has 0 spiro atoms. The van der Waals surface area contributed by atoms with Gasteiger partial charge in [0.1, 0.15) is 18.3 Å². The van der Waals surface area contributed by atoms with Crippen LogP contribution in [0.25, 0.3) is 0 Å². The fourth-order valence-corrected chi connectivity index (χ4v) is 2.48. The van der Waals surface area contributed by atoms with Crippen LogP contribution in [0.2, 0.25) is 0 Å². The van der Waals surface area contributed by atoms with Crippen molar-refractivity contribution < 1.29 is 38.0 Å². The number of amides is 1. The number of carbonyl (C=O) groups excluding carboxylic acids is 1. The van der Waals surface area contributed by atoms with Crippen LogP contribution in [0.1, 0.15) is 11.8 Å². The van der Waals surface area contributed by atoms with E-state index in [-0.39, 0.29) is 10.5 Å². The van der Waals surface area contributed by atoms with Gasteiger partial charge in [0.15, 0.2) is 6.23 Å². The topological polar surface area (TPSA) is 145 Å². The van der Waals surface area contributed by atoms with Crippen LogP contribution in [0.3, 0.4) is 0 Å². The van der Waals surface area contributed by atoms with Crippen molar-refractivity contribution in [3.63, 3.8) is 0 Å². The van der Waals surface area contributed by atoms with Gasteiger partial charge in [-0.1, -0.05) is 0 Å². The molecule has 0 radical (unpaired) electrons. The summed E-state index contributed by atoms with van der Waals surface area (Å²) in [6, 6.07) is 0. The minimum atomic E-state index is -5.14. The van der Waals surface area contributed by atoms with Crippen LogP contribution in [0, 0.1) is 0 Å². The fraction of sp³-hybridized carbons (Fsp3) is 0.615. The van der Waals surface area contributed by atoms with Crippen LogP contribution in [0.4, 0.5) is 13.2 Å². The Morgan fingerprint density at radius 1 is 1.35 bits per heavy atom. The molecule has 1 aliphatic rings. The molecule has 0 bridgehead atoms. The van der Waals surface area contributed by atoms with Crippen molar-refractivity contribution in [2.75, 3.05) is 13.7 Å². The molecule has 2 heterocycles. The summed E-state index contributed by atoms with van der Waals surface area (Å²) in [5.74, 6) is -2.19. The van der Waals surface area contributed by atoms with E-state index >= 15 is 0 Å². The molecule has 13 heteroatoms. The fourth-order valence-electron chi connectivity index (χ4n) is 2.48.